The van der Waals surface area contributed by atoms with E-state index in [1.165, 1.54) is 0 Å². The highest BCUT2D eigenvalue weighted by atomic mass is 16.5. The first-order valence-electron chi connectivity index (χ1n) is 5.66. The van der Waals surface area contributed by atoms with Crippen molar-refractivity contribution < 1.29 is 9.53 Å². The molecule has 0 aromatic carbocycles. The van der Waals surface area contributed by atoms with Crippen LogP contribution in [0.4, 0.5) is 0 Å². The molecule has 1 saturated heterocycles. The lowest BCUT2D eigenvalue weighted by Crippen LogP contribution is -2.45. The van der Waals surface area contributed by atoms with Gasteiger partial charge < -0.3 is 10.1 Å². The van der Waals surface area contributed by atoms with Gasteiger partial charge in [0.1, 0.15) is 6.61 Å². The molecule has 1 amide bonds. The summed E-state index contributed by atoms with van der Waals surface area (Å²) in [7, 11) is 0. The van der Waals surface area contributed by atoms with Crippen molar-refractivity contribution >= 4 is 17.1 Å². The number of ether oxygens (including phenoxy) is 1. The molecule has 2 aromatic rings. The molecule has 0 aliphatic carbocycles. The van der Waals surface area contributed by atoms with Gasteiger partial charge in [0.15, 0.2) is 5.65 Å². The van der Waals surface area contributed by atoms with Crippen molar-refractivity contribution in [3.63, 3.8) is 0 Å². The molecule has 0 bridgehead atoms. The smallest absolute Gasteiger partial charge is 0.327 e. The number of amides is 1. The zero-order chi connectivity index (χ0) is 12.5. The first-order chi connectivity index (χ1) is 8.74. The molecule has 94 valence electrons. The van der Waals surface area contributed by atoms with Crippen LogP contribution in [0.15, 0.2) is 23.1 Å². The number of carbonyl (C=O) groups excluding carboxylic acids is 1. The first-order valence-corrected chi connectivity index (χ1v) is 5.66. The Kier molecular flexibility index (Phi) is 2.60. The van der Waals surface area contributed by atoms with E-state index >= 15 is 0 Å². The summed E-state index contributed by atoms with van der Waals surface area (Å²) in [5.41, 5.74) is 1.08. The fourth-order valence-electron chi connectivity index (χ4n) is 2.02. The number of nitrogens with zero attached hydrogens (tertiary/aromatic N) is 2. The highest BCUT2D eigenvalue weighted by Crippen LogP contribution is 2.08. The van der Waals surface area contributed by atoms with Gasteiger partial charge in [0, 0.05) is 12.7 Å². The van der Waals surface area contributed by atoms with Crippen molar-refractivity contribution in [3.05, 3.63) is 28.8 Å². The highest BCUT2D eigenvalue weighted by Gasteiger charge is 2.20. The molecule has 7 nitrogen and oxygen atoms in total. The maximum Gasteiger partial charge on any atom is 0.327 e. The third kappa shape index (κ3) is 1.88. The number of hydrogen-bond donors (Lipinski definition) is 2. The molecular weight excluding hydrogens is 236 g/mol. The van der Waals surface area contributed by atoms with Crippen LogP contribution < -0.4 is 11.0 Å². The van der Waals surface area contributed by atoms with Crippen LogP contribution in [0.1, 0.15) is 0 Å². The van der Waals surface area contributed by atoms with Crippen LogP contribution in [-0.4, -0.2) is 39.7 Å². The predicted octanol–water partition coefficient (Wildman–Crippen LogP) is -0.760. The Morgan fingerprint density at radius 2 is 2.39 bits per heavy atom. The molecule has 1 unspecified atom stereocenters. The summed E-state index contributed by atoms with van der Waals surface area (Å²) in [6.07, 6.45) is 1.43. The molecule has 1 fully saturated rings. The number of nitrogens with one attached hydrogen (secondary N) is 2. The zero-order valence-electron chi connectivity index (χ0n) is 9.55. The number of rotatable bonds is 2. The molecule has 0 spiro atoms. The van der Waals surface area contributed by atoms with Crippen LogP contribution in [0.5, 0.6) is 0 Å². The average molecular weight is 248 g/mol. The van der Waals surface area contributed by atoms with E-state index in [1.807, 2.05) is 6.07 Å². The van der Waals surface area contributed by atoms with Crippen molar-refractivity contribution in [3.8, 4) is 0 Å². The number of carbonyl (C=O) groups is 1. The highest BCUT2D eigenvalue weighted by molar-refractivity contribution is 5.77. The van der Waals surface area contributed by atoms with E-state index in [0.29, 0.717) is 18.7 Å². The van der Waals surface area contributed by atoms with E-state index < -0.39 is 0 Å². The van der Waals surface area contributed by atoms with E-state index in [1.54, 1.807) is 16.8 Å². The van der Waals surface area contributed by atoms with E-state index in [-0.39, 0.29) is 24.3 Å². The first kappa shape index (κ1) is 11.0. The molecule has 1 atom stereocenters. The average Bonchev–Trinajstić information content (AvgIpc) is 2.69. The number of H-pyrrole nitrogens is 1. The summed E-state index contributed by atoms with van der Waals surface area (Å²) in [6, 6.07) is 3.59. The monoisotopic (exact) mass is 248 g/mol. The zero-order valence-corrected chi connectivity index (χ0v) is 9.55. The normalized spacial score (nSPS) is 20.0. The SMILES string of the molecule is O=C1COC(Cn2c(=O)[nH]c3ncccc32)CN1. The maximum atomic E-state index is 11.8. The van der Waals surface area contributed by atoms with Gasteiger partial charge in [-0.2, -0.15) is 0 Å². The molecule has 7 heteroatoms. The van der Waals surface area contributed by atoms with Gasteiger partial charge in [-0.05, 0) is 12.1 Å². The molecule has 3 rings (SSSR count). The van der Waals surface area contributed by atoms with Gasteiger partial charge in [-0.1, -0.05) is 0 Å². The van der Waals surface area contributed by atoms with Gasteiger partial charge in [-0.25, -0.2) is 9.78 Å². The molecule has 2 aromatic heterocycles. The lowest BCUT2D eigenvalue weighted by Gasteiger charge is -2.23. The van der Waals surface area contributed by atoms with E-state index in [9.17, 15) is 9.59 Å². The molecule has 1 aliphatic heterocycles. The van der Waals surface area contributed by atoms with Crippen LogP contribution in [0.3, 0.4) is 0 Å². The lowest BCUT2D eigenvalue weighted by molar-refractivity contribution is -0.133. The third-order valence-electron chi connectivity index (χ3n) is 2.91. The maximum absolute atomic E-state index is 11.8. The second-order valence-electron chi connectivity index (χ2n) is 4.15. The molecule has 1 aliphatic rings. The Morgan fingerprint density at radius 3 is 3.17 bits per heavy atom. The molecule has 2 N–H and O–H groups in total. The Bertz CT molecular complexity index is 635. The number of fused-ring (bicyclic) bond motifs is 1. The van der Waals surface area contributed by atoms with Gasteiger partial charge >= 0.3 is 5.69 Å². The van der Waals surface area contributed by atoms with Crippen LogP contribution in [0.2, 0.25) is 0 Å². The van der Waals surface area contributed by atoms with Crippen molar-refractivity contribution in [2.45, 2.75) is 12.6 Å². The van der Waals surface area contributed by atoms with Gasteiger partial charge in [-0.15, -0.1) is 0 Å². The molecule has 0 radical (unpaired) electrons. The summed E-state index contributed by atoms with van der Waals surface area (Å²) in [6.45, 7) is 0.850. The summed E-state index contributed by atoms with van der Waals surface area (Å²) >= 11 is 0. The van der Waals surface area contributed by atoms with E-state index in [4.69, 9.17) is 4.74 Å². The van der Waals surface area contributed by atoms with Gasteiger partial charge in [0.2, 0.25) is 5.91 Å². The second kappa shape index (κ2) is 4.26. The standard InChI is InChI=1S/C11H12N4O3/c16-9-6-18-7(4-13-9)5-15-8-2-1-3-12-10(8)14-11(15)17/h1-3,7H,4-6H2,(H,13,16)(H,12,14,17). The summed E-state index contributed by atoms with van der Waals surface area (Å²) in [5, 5.41) is 2.71. The number of aromatic nitrogens is 3. The van der Waals surface area contributed by atoms with Crippen molar-refractivity contribution in [2.75, 3.05) is 13.2 Å². The molecule has 0 saturated carbocycles. The lowest BCUT2D eigenvalue weighted by atomic mass is 10.3. The minimum Gasteiger partial charge on any atom is -0.365 e. The van der Waals surface area contributed by atoms with Crippen LogP contribution in [0, 0.1) is 0 Å². The summed E-state index contributed by atoms with van der Waals surface area (Å²) < 4.78 is 6.94. The van der Waals surface area contributed by atoms with Gasteiger partial charge in [0.25, 0.3) is 0 Å². The van der Waals surface area contributed by atoms with Crippen molar-refractivity contribution in [2.24, 2.45) is 0 Å². The third-order valence-corrected chi connectivity index (χ3v) is 2.91. The van der Waals surface area contributed by atoms with Crippen LogP contribution >= 0.6 is 0 Å². The number of aromatic amines is 1. The minimum absolute atomic E-state index is 0.0417. The largest absolute Gasteiger partial charge is 0.365 e. The number of pyridine rings is 1. The number of morpholine rings is 1. The van der Waals surface area contributed by atoms with E-state index in [2.05, 4.69) is 15.3 Å². The Balaban J connectivity index is 1.88. The fraction of sp³-hybridized carbons (Fsp3) is 0.364. The Labute approximate surface area is 102 Å². The summed E-state index contributed by atoms with van der Waals surface area (Å²) in [4.78, 5) is 29.5. The molecular formula is C11H12N4O3. The Morgan fingerprint density at radius 1 is 1.50 bits per heavy atom. The van der Waals surface area contributed by atoms with Gasteiger partial charge in [-0.3, -0.25) is 14.3 Å². The van der Waals surface area contributed by atoms with Crippen molar-refractivity contribution in [1.29, 1.82) is 0 Å². The van der Waals surface area contributed by atoms with E-state index in [0.717, 1.165) is 5.52 Å². The van der Waals surface area contributed by atoms with Crippen LogP contribution in [0.25, 0.3) is 11.2 Å². The predicted molar refractivity (Wildman–Crippen MR) is 63.1 cm³/mol. The molecule has 18 heavy (non-hydrogen) atoms. The topological polar surface area (TPSA) is 89.0 Å². The Hall–Kier alpha value is -2.15. The second-order valence-corrected chi connectivity index (χ2v) is 4.15. The van der Waals surface area contributed by atoms with Crippen molar-refractivity contribution in [1.82, 2.24) is 19.9 Å². The minimum atomic E-state index is -0.218. The summed E-state index contributed by atoms with van der Waals surface area (Å²) in [5.74, 6) is -0.126. The number of imidazole rings is 1. The fourth-order valence-corrected chi connectivity index (χ4v) is 2.02. The number of hydrogen-bond acceptors (Lipinski definition) is 4. The van der Waals surface area contributed by atoms with Gasteiger partial charge in [0.05, 0.1) is 18.2 Å². The quantitative estimate of drug-likeness (QED) is 0.731. The van der Waals surface area contributed by atoms with Crippen LogP contribution in [-0.2, 0) is 16.1 Å². The molecule has 3 heterocycles.